The van der Waals surface area contributed by atoms with Gasteiger partial charge in [-0.15, -0.1) is 11.8 Å². The van der Waals surface area contributed by atoms with E-state index in [4.69, 9.17) is 4.74 Å². The number of hydrogen-bond donors (Lipinski definition) is 0. The van der Waals surface area contributed by atoms with Gasteiger partial charge in [-0.05, 0) is 36.8 Å². The first-order valence-corrected chi connectivity index (χ1v) is 10.4. The molecule has 5 nitrogen and oxygen atoms in total. The zero-order chi connectivity index (χ0) is 18.9. The lowest BCUT2D eigenvalue weighted by atomic mass is 10.1. The first-order valence-electron chi connectivity index (χ1n) is 9.36. The lowest BCUT2D eigenvalue weighted by Gasteiger charge is -2.36. The zero-order valence-electron chi connectivity index (χ0n) is 16.1. The number of carbonyl (C=O) groups is 2. The first-order chi connectivity index (χ1) is 12.5. The van der Waals surface area contributed by atoms with Crippen LogP contribution in [0, 0.1) is 0 Å². The van der Waals surface area contributed by atoms with Crippen molar-refractivity contribution < 1.29 is 14.3 Å². The number of piperazine rings is 1. The first kappa shape index (κ1) is 20.6. The number of rotatable bonds is 8. The molecule has 144 valence electrons. The van der Waals surface area contributed by atoms with Crippen LogP contribution >= 0.6 is 11.8 Å². The Hall–Kier alpha value is -1.69. The minimum absolute atomic E-state index is 0.000542. The Labute approximate surface area is 161 Å². The van der Waals surface area contributed by atoms with E-state index in [-0.39, 0.29) is 17.1 Å². The quantitative estimate of drug-likeness (QED) is 0.653. The van der Waals surface area contributed by atoms with Crippen molar-refractivity contribution in [3.63, 3.8) is 0 Å². The molecule has 1 saturated heterocycles. The lowest BCUT2D eigenvalue weighted by Crippen LogP contribution is -2.52. The molecule has 0 bridgehead atoms. The maximum Gasteiger partial charge on any atom is 0.235 e. The Morgan fingerprint density at radius 2 is 1.88 bits per heavy atom. The van der Waals surface area contributed by atoms with E-state index in [2.05, 4.69) is 6.92 Å². The fraction of sp³-hybridized carbons (Fsp3) is 0.600. The Balaban J connectivity index is 1.79. The zero-order valence-corrected chi connectivity index (χ0v) is 16.9. The molecule has 0 N–H and O–H groups in total. The summed E-state index contributed by atoms with van der Waals surface area (Å²) in [5, 5.41) is 0.000542. The minimum atomic E-state index is 0.000542. The summed E-state index contributed by atoms with van der Waals surface area (Å²) < 4.78 is 5.21. The highest BCUT2D eigenvalue weighted by atomic mass is 32.2. The van der Waals surface area contributed by atoms with Crippen molar-refractivity contribution >= 4 is 23.6 Å². The van der Waals surface area contributed by atoms with Gasteiger partial charge in [-0.25, -0.2) is 0 Å². The van der Waals surface area contributed by atoms with Crippen molar-refractivity contribution in [3.05, 3.63) is 29.8 Å². The molecule has 1 aromatic carbocycles. The predicted octanol–water partition coefficient (Wildman–Crippen LogP) is 2.83. The van der Waals surface area contributed by atoms with Crippen LogP contribution in [0.25, 0.3) is 0 Å². The number of methoxy groups -OCH3 is 1. The highest BCUT2D eigenvalue weighted by molar-refractivity contribution is 8.00. The van der Waals surface area contributed by atoms with Gasteiger partial charge in [0, 0.05) is 26.2 Å². The molecule has 1 aliphatic heterocycles. The van der Waals surface area contributed by atoms with Gasteiger partial charge in [0.25, 0.3) is 0 Å². The Kier molecular flexibility index (Phi) is 8.29. The van der Waals surface area contributed by atoms with Crippen LogP contribution in [0.15, 0.2) is 24.3 Å². The smallest absolute Gasteiger partial charge is 0.235 e. The van der Waals surface area contributed by atoms with Crippen LogP contribution in [-0.4, -0.2) is 65.9 Å². The molecule has 1 unspecified atom stereocenters. The molecule has 1 atom stereocenters. The molecule has 2 amide bonds. The van der Waals surface area contributed by atoms with E-state index < -0.39 is 0 Å². The number of amides is 2. The highest BCUT2D eigenvalue weighted by Gasteiger charge is 2.27. The van der Waals surface area contributed by atoms with Crippen molar-refractivity contribution in [2.75, 3.05) is 39.0 Å². The van der Waals surface area contributed by atoms with Gasteiger partial charge in [0.15, 0.2) is 0 Å². The van der Waals surface area contributed by atoms with Crippen LogP contribution in [0.5, 0.6) is 5.75 Å². The highest BCUT2D eigenvalue weighted by Crippen LogP contribution is 2.17. The minimum Gasteiger partial charge on any atom is -0.497 e. The van der Waals surface area contributed by atoms with Gasteiger partial charge < -0.3 is 14.5 Å². The van der Waals surface area contributed by atoms with Crippen LogP contribution in [0.2, 0.25) is 0 Å². The molecule has 6 heteroatoms. The fourth-order valence-electron chi connectivity index (χ4n) is 2.98. The summed E-state index contributed by atoms with van der Waals surface area (Å²) in [6.45, 7) is 6.63. The van der Waals surface area contributed by atoms with E-state index in [1.165, 1.54) is 0 Å². The number of benzene rings is 1. The normalized spacial score (nSPS) is 15.7. The van der Waals surface area contributed by atoms with Crippen molar-refractivity contribution in [2.45, 2.75) is 38.4 Å². The van der Waals surface area contributed by atoms with Gasteiger partial charge in [-0.3, -0.25) is 9.59 Å². The summed E-state index contributed by atoms with van der Waals surface area (Å²) in [5.74, 6) is 2.10. The van der Waals surface area contributed by atoms with Gasteiger partial charge in [-0.1, -0.05) is 25.5 Å². The third kappa shape index (κ3) is 5.94. The Morgan fingerprint density at radius 1 is 1.19 bits per heavy atom. The number of unbranched alkanes of at least 4 members (excludes halogenated alkanes) is 1. The molecule has 1 heterocycles. The van der Waals surface area contributed by atoms with Gasteiger partial charge >= 0.3 is 0 Å². The van der Waals surface area contributed by atoms with Gasteiger partial charge in [0.05, 0.1) is 18.8 Å². The molecule has 0 aromatic heterocycles. The van der Waals surface area contributed by atoms with Crippen LogP contribution < -0.4 is 4.74 Å². The number of ether oxygens (including phenoxy) is 1. The largest absolute Gasteiger partial charge is 0.497 e. The molecule has 1 aliphatic rings. The Bertz CT molecular complexity index is 600. The van der Waals surface area contributed by atoms with Crippen LogP contribution in [0.4, 0.5) is 0 Å². The summed E-state index contributed by atoms with van der Waals surface area (Å²) in [6.07, 6.45) is 2.67. The number of hydrogen-bond acceptors (Lipinski definition) is 4. The number of thioether (sulfide) groups is 1. The van der Waals surface area contributed by atoms with E-state index in [9.17, 15) is 9.59 Å². The van der Waals surface area contributed by atoms with Gasteiger partial charge in [0.2, 0.25) is 11.8 Å². The summed E-state index contributed by atoms with van der Waals surface area (Å²) in [4.78, 5) is 28.8. The van der Waals surface area contributed by atoms with Crippen LogP contribution in [0.3, 0.4) is 0 Å². The second-order valence-electron chi connectivity index (χ2n) is 6.60. The maximum absolute atomic E-state index is 12.5. The van der Waals surface area contributed by atoms with Gasteiger partial charge in [0.1, 0.15) is 5.75 Å². The van der Waals surface area contributed by atoms with Crippen LogP contribution in [0.1, 0.15) is 32.3 Å². The predicted molar refractivity (Wildman–Crippen MR) is 107 cm³/mol. The summed E-state index contributed by atoms with van der Waals surface area (Å²) in [6, 6.07) is 7.61. The molecule has 0 spiro atoms. The van der Waals surface area contributed by atoms with E-state index >= 15 is 0 Å². The van der Waals surface area contributed by atoms with Crippen LogP contribution in [-0.2, 0) is 16.0 Å². The second kappa shape index (κ2) is 10.5. The molecule has 1 fully saturated rings. The third-order valence-electron chi connectivity index (χ3n) is 4.65. The third-order valence-corrected chi connectivity index (χ3v) is 5.87. The van der Waals surface area contributed by atoms with E-state index in [1.807, 2.05) is 41.0 Å². The average Bonchev–Trinajstić information content (AvgIpc) is 2.67. The summed E-state index contributed by atoms with van der Waals surface area (Å²) >= 11 is 1.73. The lowest BCUT2D eigenvalue weighted by molar-refractivity contribution is -0.138. The fourth-order valence-corrected chi connectivity index (χ4v) is 4.08. The van der Waals surface area contributed by atoms with Gasteiger partial charge in [-0.2, -0.15) is 0 Å². The van der Waals surface area contributed by atoms with Crippen molar-refractivity contribution in [1.29, 1.82) is 0 Å². The van der Waals surface area contributed by atoms with E-state index in [1.54, 1.807) is 18.9 Å². The standard InChI is InChI=1S/C20H30N2O3S/c1-4-5-13-26-16(2)20(24)22-11-9-21(10-12-22)19(23)15-17-7-6-8-18(14-17)25-3/h6-8,14,16H,4-5,9-13,15H2,1-3H3. The average molecular weight is 379 g/mol. The van der Waals surface area contributed by atoms with Crippen molar-refractivity contribution in [3.8, 4) is 5.75 Å². The maximum atomic E-state index is 12.5. The molecule has 0 saturated carbocycles. The number of nitrogens with zero attached hydrogens (tertiary/aromatic N) is 2. The SMILES string of the molecule is CCCCSC(C)C(=O)N1CCN(C(=O)Cc2cccc(OC)c2)CC1. The number of carbonyl (C=O) groups excluding carboxylic acids is 2. The molecule has 26 heavy (non-hydrogen) atoms. The topological polar surface area (TPSA) is 49.9 Å². The molecule has 0 aliphatic carbocycles. The van der Waals surface area contributed by atoms with E-state index in [0.29, 0.717) is 32.6 Å². The molecule has 1 aromatic rings. The Morgan fingerprint density at radius 3 is 2.54 bits per heavy atom. The summed E-state index contributed by atoms with van der Waals surface area (Å²) in [7, 11) is 1.62. The summed E-state index contributed by atoms with van der Waals surface area (Å²) in [5.41, 5.74) is 0.953. The van der Waals surface area contributed by atoms with E-state index in [0.717, 1.165) is 29.9 Å². The molecule has 2 rings (SSSR count). The monoisotopic (exact) mass is 378 g/mol. The van der Waals surface area contributed by atoms with Crippen molar-refractivity contribution in [1.82, 2.24) is 9.80 Å². The van der Waals surface area contributed by atoms with Crippen molar-refractivity contribution in [2.24, 2.45) is 0 Å². The second-order valence-corrected chi connectivity index (χ2v) is 8.05. The molecule has 0 radical (unpaired) electrons. The molecular weight excluding hydrogens is 348 g/mol. The molecular formula is C20H30N2O3S.